The van der Waals surface area contributed by atoms with Gasteiger partial charge in [-0.1, -0.05) is 129 Å². The number of carbonyl (C=O) groups excluding carboxylic acids is 2. The molecule has 0 aromatic carbocycles. The summed E-state index contributed by atoms with van der Waals surface area (Å²) >= 11 is 0. The van der Waals surface area contributed by atoms with Gasteiger partial charge in [0.2, 0.25) is 0 Å². The van der Waals surface area contributed by atoms with E-state index in [1.165, 1.54) is 44.9 Å². The first-order valence-electron chi connectivity index (χ1n) is 21.8. The minimum atomic E-state index is -0.207. The molecule has 0 aromatic rings. The fraction of sp³-hybridized carbons (Fsp3) is 0.848. The lowest BCUT2D eigenvalue weighted by Crippen LogP contribution is -2.24. The van der Waals surface area contributed by atoms with Crippen LogP contribution in [0.15, 0.2) is 29.8 Å². The van der Waals surface area contributed by atoms with Crippen molar-refractivity contribution in [2.75, 3.05) is 40.5 Å². The van der Waals surface area contributed by atoms with Crippen LogP contribution in [0.2, 0.25) is 0 Å². The zero-order chi connectivity index (χ0) is 39.2. The van der Waals surface area contributed by atoms with Crippen LogP contribution >= 0.6 is 0 Å². The number of hydrogen-bond acceptors (Lipinski definition) is 7. The third kappa shape index (κ3) is 36.6. The van der Waals surface area contributed by atoms with Crippen molar-refractivity contribution in [1.82, 2.24) is 4.90 Å². The molecule has 4 unspecified atom stereocenters. The molecule has 4 atom stereocenters. The third-order valence-electron chi connectivity index (χ3n) is 9.88. The van der Waals surface area contributed by atoms with Gasteiger partial charge >= 0.3 is 11.9 Å². The van der Waals surface area contributed by atoms with E-state index in [1.54, 1.807) is 0 Å². The molecule has 0 aliphatic heterocycles. The zero-order valence-electron chi connectivity index (χ0n) is 35.5. The maximum atomic E-state index is 12.3. The number of carbonyl (C=O) groups is 2. The molecule has 0 heterocycles. The number of unbranched alkanes of at least 4 members (excludes halogenated alkanes) is 12. The largest absolute Gasteiger partial charge is 0.466 e. The van der Waals surface area contributed by atoms with E-state index in [1.807, 2.05) is 13.0 Å². The standard InChI is InChI=1S/C46H83NO6/c1-8-11-20-28-41(4)35-39-51-45(48)33-25-18-14-16-23-31-44(53-42(5)50-38-27-37-47(6)7)32-24-17-15-19-26-34-46(49)52-40-36-43(29-21-12-9-2)30-22-13-10-3/h29,41-44H,2,8,10-11,13-20,22-28,30-40H2,1,3-7H3. The Labute approximate surface area is 327 Å². The maximum Gasteiger partial charge on any atom is 0.305 e. The summed E-state index contributed by atoms with van der Waals surface area (Å²) in [6.45, 7) is 15.0. The van der Waals surface area contributed by atoms with Crippen molar-refractivity contribution in [1.29, 1.82) is 0 Å². The minimum absolute atomic E-state index is 0.0416. The Morgan fingerprint density at radius 3 is 1.74 bits per heavy atom. The summed E-state index contributed by atoms with van der Waals surface area (Å²) in [5.74, 6) is 0.837. The summed E-state index contributed by atoms with van der Waals surface area (Å²) in [6.07, 6.45) is 28.2. The van der Waals surface area contributed by atoms with Gasteiger partial charge in [0.25, 0.3) is 0 Å². The molecule has 7 nitrogen and oxygen atoms in total. The van der Waals surface area contributed by atoms with Crippen LogP contribution in [0.5, 0.6) is 0 Å². The van der Waals surface area contributed by atoms with Crippen LogP contribution in [0, 0.1) is 11.8 Å². The van der Waals surface area contributed by atoms with Crippen molar-refractivity contribution < 1.29 is 28.5 Å². The molecule has 0 radical (unpaired) electrons. The zero-order valence-corrected chi connectivity index (χ0v) is 35.5. The predicted molar refractivity (Wildman–Crippen MR) is 221 cm³/mol. The van der Waals surface area contributed by atoms with E-state index in [0.29, 0.717) is 44.5 Å². The number of ether oxygens (including phenoxy) is 4. The summed E-state index contributed by atoms with van der Waals surface area (Å²) < 4.78 is 23.4. The number of esters is 2. The summed E-state index contributed by atoms with van der Waals surface area (Å²) in [6, 6.07) is 0. The lowest BCUT2D eigenvalue weighted by Gasteiger charge is -2.23. The molecule has 0 saturated heterocycles. The fourth-order valence-electron chi connectivity index (χ4n) is 6.47. The fourth-order valence-corrected chi connectivity index (χ4v) is 6.47. The molecular weight excluding hydrogens is 663 g/mol. The van der Waals surface area contributed by atoms with Crippen LogP contribution in [0.25, 0.3) is 0 Å². The molecule has 0 saturated carbocycles. The van der Waals surface area contributed by atoms with E-state index < -0.39 is 0 Å². The SMILES string of the molecule is C=C=C=C=CC(CCCCC)CCOC(=O)CCCCCCCC(CCCCCCCC(=O)OCCC(C)CCCCC)OC(C)OCCCN(C)C. The molecule has 0 aliphatic rings. The van der Waals surface area contributed by atoms with E-state index in [2.05, 4.69) is 63.5 Å². The van der Waals surface area contributed by atoms with Gasteiger partial charge in [-0.05, 0) is 109 Å². The van der Waals surface area contributed by atoms with Crippen LogP contribution in [0.4, 0.5) is 0 Å². The van der Waals surface area contributed by atoms with Crippen LogP contribution < -0.4 is 0 Å². The average molecular weight is 746 g/mol. The third-order valence-corrected chi connectivity index (χ3v) is 9.88. The average Bonchev–Trinajstić information content (AvgIpc) is 3.12. The Morgan fingerprint density at radius 1 is 0.642 bits per heavy atom. The second kappa shape index (κ2) is 38.2. The number of rotatable bonds is 38. The second-order valence-corrected chi connectivity index (χ2v) is 15.5. The minimum Gasteiger partial charge on any atom is -0.466 e. The van der Waals surface area contributed by atoms with Gasteiger partial charge < -0.3 is 23.8 Å². The molecule has 0 bridgehead atoms. The Hall–Kier alpha value is -2.10. The molecular formula is C46H83NO6. The topological polar surface area (TPSA) is 74.3 Å². The molecule has 0 aromatic heterocycles. The van der Waals surface area contributed by atoms with E-state index in [9.17, 15) is 9.59 Å². The highest BCUT2D eigenvalue weighted by Crippen LogP contribution is 2.20. The first-order chi connectivity index (χ1) is 25.7. The molecule has 7 heteroatoms. The molecule has 0 rings (SSSR count). The molecule has 308 valence electrons. The lowest BCUT2D eigenvalue weighted by molar-refractivity contribution is -0.164. The Kier molecular flexibility index (Phi) is 36.7. The van der Waals surface area contributed by atoms with Crippen molar-refractivity contribution in [3.8, 4) is 0 Å². The van der Waals surface area contributed by atoms with Gasteiger partial charge in [0.15, 0.2) is 6.29 Å². The van der Waals surface area contributed by atoms with E-state index in [4.69, 9.17) is 18.9 Å². The van der Waals surface area contributed by atoms with E-state index >= 15 is 0 Å². The van der Waals surface area contributed by atoms with Gasteiger partial charge in [-0.2, -0.15) is 0 Å². The lowest BCUT2D eigenvalue weighted by atomic mass is 9.98. The highest BCUT2D eigenvalue weighted by molar-refractivity contribution is 5.69. The Morgan fingerprint density at radius 2 is 1.17 bits per heavy atom. The summed E-state index contributed by atoms with van der Waals surface area (Å²) in [5, 5.41) is 0. The van der Waals surface area contributed by atoms with Gasteiger partial charge in [0, 0.05) is 12.8 Å². The monoisotopic (exact) mass is 746 g/mol. The van der Waals surface area contributed by atoms with Gasteiger partial charge in [-0.25, -0.2) is 0 Å². The summed E-state index contributed by atoms with van der Waals surface area (Å²) in [4.78, 5) is 26.7. The highest BCUT2D eigenvalue weighted by atomic mass is 16.7. The normalized spacial score (nSPS) is 13.4. The highest BCUT2D eigenvalue weighted by Gasteiger charge is 2.15. The van der Waals surface area contributed by atoms with Gasteiger partial charge in [-0.15, -0.1) is 0 Å². The molecule has 0 amide bonds. The maximum absolute atomic E-state index is 12.3. The van der Waals surface area contributed by atoms with Gasteiger partial charge in [0.05, 0.1) is 25.9 Å². The quantitative estimate of drug-likeness (QED) is 0.0270. The first-order valence-corrected chi connectivity index (χ1v) is 21.8. The van der Waals surface area contributed by atoms with Crippen LogP contribution in [-0.2, 0) is 28.5 Å². The summed E-state index contributed by atoms with van der Waals surface area (Å²) in [5.41, 5.74) is 8.38. The van der Waals surface area contributed by atoms with E-state index in [-0.39, 0.29) is 24.3 Å². The van der Waals surface area contributed by atoms with E-state index in [0.717, 1.165) is 109 Å². The van der Waals surface area contributed by atoms with Crippen molar-refractivity contribution in [2.24, 2.45) is 11.8 Å². The van der Waals surface area contributed by atoms with Crippen LogP contribution in [-0.4, -0.2) is 69.7 Å². The summed E-state index contributed by atoms with van der Waals surface area (Å²) in [7, 11) is 4.16. The molecule has 0 N–H and O–H groups in total. The van der Waals surface area contributed by atoms with Gasteiger partial charge in [-0.3, -0.25) is 9.59 Å². The predicted octanol–water partition coefficient (Wildman–Crippen LogP) is 12.1. The molecule has 0 fully saturated rings. The molecule has 0 aliphatic carbocycles. The van der Waals surface area contributed by atoms with Crippen molar-refractivity contribution >= 4 is 11.9 Å². The molecule has 0 spiro atoms. The number of allylic oxidation sites excluding steroid dienone is 1. The van der Waals surface area contributed by atoms with Crippen molar-refractivity contribution in [3.05, 3.63) is 29.8 Å². The van der Waals surface area contributed by atoms with Gasteiger partial charge in [0.1, 0.15) is 0 Å². The van der Waals surface area contributed by atoms with Crippen LogP contribution in [0.3, 0.4) is 0 Å². The Bertz CT molecular complexity index is 979. The first kappa shape index (κ1) is 50.9. The smallest absolute Gasteiger partial charge is 0.305 e. The van der Waals surface area contributed by atoms with Crippen molar-refractivity contribution in [2.45, 2.75) is 201 Å². The Balaban J connectivity index is 4.34. The van der Waals surface area contributed by atoms with Crippen LogP contribution in [0.1, 0.15) is 188 Å². The molecule has 53 heavy (non-hydrogen) atoms. The number of hydrogen-bond donors (Lipinski definition) is 0. The number of nitrogens with zero attached hydrogens (tertiary/aromatic N) is 1. The second-order valence-electron chi connectivity index (χ2n) is 15.5. The van der Waals surface area contributed by atoms with Crippen molar-refractivity contribution in [3.63, 3.8) is 0 Å².